The summed E-state index contributed by atoms with van der Waals surface area (Å²) in [4.78, 5) is 12.1. The molecule has 0 radical (unpaired) electrons. The summed E-state index contributed by atoms with van der Waals surface area (Å²) in [5.74, 6) is -0.438. The fourth-order valence-corrected chi connectivity index (χ4v) is 2.58. The maximum atomic E-state index is 12.6. The number of benzene rings is 2. The Morgan fingerprint density at radius 2 is 1.67 bits per heavy atom. The maximum Gasteiger partial charge on any atom is 0.416 e. The number of alkyl halides is 3. The van der Waals surface area contributed by atoms with Crippen LogP contribution in [0.5, 0.6) is 0 Å². The van der Waals surface area contributed by atoms with Crippen molar-refractivity contribution >= 4 is 21.7 Å². The van der Waals surface area contributed by atoms with Crippen molar-refractivity contribution < 1.29 is 26.4 Å². The Morgan fingerprint density at radius 3 is 2.21 bits per heavy atom. The molecule has 0 aromatic heterocycles. The van der Waals surface area contributed by atoms with E-state index in [4.69, 9.17) is 0 Å². The third-order valence-corrected chi connectivity index (χ3v) is 4.34. The molecule has 7 heteroatoms. The molecule has 2 aromatic rings. The van der Waals surface area contributed by atoms with Crippen LogP contribution in [0.4, 0.5) is 13.2 Å². The fourth-order valence-electron chi connectivity index (χ4n) is 1.95. The van der Waals surface area contributed by atoms with Crippen molar-refractivity contribution in [2.45, 2.75) is 11.1 Å². The van der Waals surface area contributed by atoms with Crippen LogP contribution in [0.2, 0.25) is 0 Å². The van der Waals surface area contributed by atoms with Crippen LogP contribution in [0.1, 0.15) is 21.5 Å². The Balaban J connectivity index is 2.19. The highest BCUT2D eigenvalue weighted by molar-refractivity contribution is 7.90. The molecule has 0 aliphatic carbocycles. The van der Waals surface area contributed by atoms with Gasteiger partial charge >= 0.3 is 6.18 Å². The third-order valence-electron chi connectivity index (χ3n) is 3.21. The molecule has 126 valence electrons. The molecule has 2 aromatic carbocycles. The van der Waals surface area contributed by atoms with Crippen molar-refractivity contribution in [2.24, 2.45) is 0 Å². The second-order valence-corrected chi connectivity index (χ2v) is 7.13. The Morgan fingerprint density at radius 1 is 1.04 bits per heavy atom. The first-order chi connectivity index (χ1) is 11.1. The minimum Gasteiger partial charge on any atom is -0.289 e. The summed E-state index contributed by atoms with van der Waals surface area (Å²) in [6.07, 6.45) is -0.973. The number of allylic oxidation sites excluding steroid dienone is 1. The van der Waals surface area contributed by atoms with E-state index in [0.29, 0.717) is 0 Å². The zero-order chi connectivity index (χ0) is 18.0. The molecular weight excluding hydrogens is 341 g/mol. The van der Waals surface area contributed by atoms with Crippen molar-refractivity contribution in [3.63, 3.8) is 0 Å². The second kappa shape index (κ2) is 6.60. The highest BCUT2D eigenvalue weighted by Gasteiger charge is 2.30. The van der Waals surface area contributed by atoms with Crippen LogP contribution in [0, 0.1) is 0 Å². The van der Waals surface area contributed by atoms with Gasteiger partial charge in [0.25, 0.3) is 0 Å². The first-order valence-electron chi connectivity index (χ1n) is 6.77. The number of carbonyl (C=O) groups is 1. The number of hydrogen-bond acceptors (Lipinski definition) is 3. The van der Waals surface area contributed by atoms with Crippen LogP contribution in [0.25, 0.3) is 6.08 Å². The first-order valence-corrected chi connectivity index (χ1v) is 8.66. The SMILES string of the molecule is CS(=O)(=O)c1ccc(C(=O)/C=C/c2cccc(C(F)(F)F)c2)cc1. The molecule has 0 saturated carbocycles. The van der Waals surface area contributed by atoms with Gasteiger partial charge in [-0.05, 0) is 48.0 Å². The molecule has 0 saturated heterocycles. The number of hydrogen-bond donors (Lipinski definition) is 0. The number of rotatable bonds is 4. The van der Waals surface area contributed by atoms with E-state index in [9.17, 15) is 26.4 Å². The predicted molar refractivity (Wildman–Crippen MR) is 84.4 cm³/mol. The highest BCUT2D eigenvalue weighted by Crippen LogP contribution is 2.29. The molecule has 0 unspecified atom stereocenters. The van der Waals surface area contributed by atoms with Gasteiger partial charge < -0.3 is 0 Å². The molecule has 24 heavy (non-hydrogen) atoms. The van der Waals surface area contributed by atoms with Crippen molar-refractivity contribution in [3.05, 3.63) is 71.3 Å². The molecule has 0 N–H and O–H groups in total. The molecule has 2 rings (SSSR count). The van der Waals surface area contributed by atoms with E-state index in [0.717, 1.165) is 24.5 Å². The van der Waals surface area contributed by atoms with Gasteiger partial charge in [-0.2, -0.15) is 13.2 Å². The van der Waals surface area contributed by atoms with E-state index < -0.39 is 27.4 Å². The normalized spacial score (nSPS) is 12.5. The van der Waals surface area contributed by atoms with Crippen LogP contribution in [-0.4, -0.2) is 20.5 Å². The summed E-state index contributed by atoms with van der Waals surface area (Å²) in [5, 5.41) is 0. The van der Waals surface area contributed by atoms with Crippen molar-refractivity contribution in [3.8, 4) is 0 Å². The van der Waals surface area contributed by atoms with E-state index in [1.54, 1.807) is 0 Å². The third kappa shape index (κ3) is 4.55. The van der Waals surface area contributed by atoms with Crippen LogP contribution >= 0.6 is 0 Å². The lowest BCUT2D eigenvalue weighted by Crippen LogP contribution is -2.04. The summed E-state index contributed by atoms with van der Waals surface area (Å²) in [5.41, 5.74) is -0.314. The number of halogens is 3. The average Bonchev–Trinajstić information content (AvgIpc) is 2.51. The Hall–Kier alpha value is -2.41. The van der Waals surface area contributed by atoms with E-state index in [1.807, 2.05) is 0 Å². The van der Waals surface area contributed by atoms with Gasteiger partial charge in [0, 0.05) is 11.8 Å². The molecule has 0 spiro atoms. The van der Waals surface area contributed by atoms with E-state index in [-0.39, 0.29) is 16.0 Å². The highest BCUT2D eigenvalue weighted by atomic mass is 32.2. The average molecular weight is 354 g/mol. The molecule has 0 amide bonds. The molecule has 0 fully saturated rings. The van der Waals surface area contributed by atoms with Gasteiger partial charge in [-0.1, -0.05) is 18.2 Å². The van der Waals surface area contributed by atoms with E-state index in [2.05, 4.69) is 0 Å². The minimum atomic E-state index is -4.45. The van der Waals surface area contributed by atoms with Gasteiger partial charge in [0.15, 0.2) is 15.6 Å². The molecule has 0 bridgehead atoms. The van der Waals surface area contributed by atoms with Crippen LogP contribution < -0.4 is 0 Å². The Labute approximate surface area is 137 Å². The van der Waals surface area contributed by atoms with Crippen LogP contribution in [0.15, 0.2) is 59.5 Å². The monoisotopic (exact) mass is 354 g/mol. The first kappa shape index (κ1) is 17.9. The topological polar surface area (TPSA) is 51.2 Å². The lowest BCUT2D eigenvalue weighted by atomic mass is 10.1. The smallest absolute Gasteiger partial charge is 0.289 e. The Kier molecular flexibility index (Phi) is 4.94. The molecule has 0 heterocycles. The minimum absolute atomic E-state index is 0.0842. The lowest BCUT2D eigenvalue weighted by molar-refractivity contribution is -0.137. The maximum absolute atomic E-state index is 12.6. The van der Waals surface area contributed by atoms with Gasteiger partial charge in [-0.15, -0.1) is 0 Å². The molecular formula is C17H13F3O3S. The van der Waals surface area contributed by atoms with Crippen molar-refractivity contribution in [1.29, 1.82) is 0 Å². The molecule has 3 nitrogen and oxygen atoms in total. The van der Waals surface area contributed by atoms with Gasteiger partial charge in [0.1, 0.15) is 0 Å². The van der Waals surface area contributed by atoms with Gasteiger partial charge in [0.2, 0.25) is 0 Å². The molecule has 0 atom stereocenters. The van der Waals surface area contributed by atoms with Gasteiger partial charge in [-0.3, -0.25) is 4.79 Å². The predicted octanol–water partition coefficient (Wildman–Crippen LogP) is 4.01. The van der Waals surface area contributed by atoms with Crippen molar-refractivity contribution in [1.82, 2.24) is 0 Å². The standard InChI is InChI=1S/C17H13F3O3S/c1-24(22,23)15-8-6-13(7-9-15)16(21)10-5-12-3-2-4-14(11-12)17(18,19)20/h2-11H,1H3/b10-5+. The summed E-state index contributed by atoms with van der Waals surface area (Å²) < 4.78 is 60.6. The number of ketones is 1. The number of sulfone groups is 1. The molecule has 0 aliphatic rings. The summed E-state index contributed by atoms with van der Waals surface area (Å²) in [6.45, 7) is 0. The zero-order valence-corrected chi connectivity index (χ0v) is 13.4. The second-order valence-electron chi connectivity index (χ2n) is 5.12. The lowest BCUT2D eigenvalue weighted by Gasteiger charge is -2.06. The summed E-state index contributed by atoms with van der Waals surface area (Å²) >= 11 is 0. The zero-order valence-electron chi connectivity index (χ0n) is 12.5. The Bertz CT molecular complexity index is 880. The van der Waals surface area contributed by atoms with Crippen LogP contribution in [0.3, 0.4) is 0 Å². The van der Waals surface area contributed by atoms with E-state index >= 15 is 0 Å². The summed E-state index contributed by atoms with van der Waals surface area (Å²) in [6, 6.07) is 9.92. The van der Waals surface area contributed by atoms with Gasteiger partial charge in [-0.25, -0.2) is 8.42 Å². The quantitative estimate of drug-likeness (QED) is 0.616. The van der Waals surface area contributed by atoms with Gasteiger partial charge in [0.05, 0.1) is 10.5 Å². The largest absolute Gasteiger partial charge is 0.416 e. The van der Waals surface area contributed by atoms with Crippen molar-refractivity contribution in [2.75, 3.05) is 6.26 Å². The summed E-state index contributed by atoms with van der Waals surface area (Å²) in [7, 11) is -3.36. The molecule has 0 aliphatic heterocycles. The fraction of sp³-hybridized carbons (Fsp3) is 0.118. The van der Waals surface area contributed by atoms with E-state index in [1.165, 1.54) is 42.5 Å². The van der Waals surface area contributed by atoms with Crippen LogP contribution in [-0.2, 0) is 16.0 Å². The number of carbonyl (C=O) groups excluding carboxylic acids is 1.